The number of hydrogen-bond acceptors (Lipinski definition) is 3. The Morgan fingerprint density at radius 1 is 1.29 bits per heavy atom. The van der Waals surface area contributed by atoms with Crippen molar-refractivity contribution in [2.24, 2.45) is 0 Å². The van der Waals surface area contributed by atoms with E-state index in [1.54, 1.807) is 6.92 Å². The van der Waals surface area contributed by atoms with Gasteiger partial charge in [-0.1, -0.05) is 18.2 Å². The molecule has 0 fully saturated rings. The molecule has 0 radical (unpaired) electrons. The maximum absolute atomic E-state index is 9.47. The molecule has 14 heavy (non-hydrogen) atoms. The van der Waals surface area contributed by atoms with E-state index in [4.69, 9.17) is 9.84 Å². The predicted molar refractivity (Wildman–Crippen MR) is 54.3 cm³/mol. The molecule has 0 aliphatic heterocycles. The highest BCUT2D eigenvalue weighted by atomic mass is 16.5. The zero-order chi connectivity index (χ0) is 10.4. The van der Waals surface area contributed by atoms with E-state index >= 15 is 0 Å². The summed E-state index contributed by atoms with van der Waals surface area (Å²) in [6.07, 6.45) is 0.415. The van der Waals surface area contributed by atoms with Gasteiger partial charge in [-0.25, -0.2) is 0 Å². The van der Waals surface area contributed by atoms with E-state index in [-0.39, 0.29) is 6.61 Å². The largest absolute Gasteiger partial charge is 0.493 e. The van der Waals surface area contributed by atoms with Crippen LogP contribution in [0.4, 0.5) is 0 Å². The molecule has 1 aromatic rings. The van der Waals surface area contributed by atoms with Gasteiger partial charge in [0, 0.05) is 6.42 Å². The van der Waals surface area contributed by atoms with E-state index in [2.05, 4.69) is 0 Å². The fourth-order valence-corrected chi connectivity index (χ4v) is 0.985. The van der Waals surface area contributed by atoms with Crippen LogP contribution in [0.15, 0.2) is 30.3 Å². The molecule has 0 bridgehead atoms. The van der Waals surface area contributed by atoms with E-state index in [9.17, 15) is 5.11 Å². The summed E-state index contributed by atoms with van der Waals surface area (Å²) < 4.78 is 5.37. The van der Waals surface area contributed by atoms with Crippen molar-refractivity contribution >= 4 is 0 Å². The Balaban J connectivity index is 2.29. The molecule has 1 rings (SSSR count). The molecule has 0 unspecified atom stereocenters. The topological polar surface area (TPSA) is 49.7 Å². The van der Waals surface area contributed by atoms with Gasteiger partial charge in [0.1, 0.15) is 5.75 Å². The van der Waals surface area contributed by atoms with E-state index < -0.39 is 5.60 Å². The Bertz CT molecular complexity index is 256. The Labute approximate surface area is 84.0 Å². The second-order valence-electron chi connectivity index (χ2n) is 3.57. The molecule has 3 heteroatoms. The van der Waals surface area contributed by atoms with Crippen LogP contribution in [0.2, 0.25) is 0 Å². The molecule has 1 aromatic carbocycles. The molecule has 0 aromatic heterocycles. The summed E-state index contributed by atoms with van der Waals surface area (Å²) in [7, 11) is 0. The average molecular weight is 196 g/mol. The molecule has 0 spiro atoms. The van der Waals surface area contributed by atoms with E-state index in [1.807, 2.05) is 30.3 Å². The molecular formula is C11H16O3. The van der Waals surface area contributed by atoms with Crippen molar-refractivity contribution < 1.29 is 14.9 Å². The SMILES string of the molecule is C[C@@](O)(CO)CCOc1ccccc1. The summed E-state index contributed by atoms with van der Waals surface area (Å²) in [5.41, 5.74) is -1.05. The molecular weight excluding hydrogens is 180 g/mol. The Morgan fingerprint density at radius 3 is 2.50 bits per heavy atom. The zero-order valence-electron chi connectivity index (χ0n) is 8.31. The highest BCUT2D eigenvalue weighted by Gasteiger charge is 2.18. The second-order valence-corrected chi connectivity index (χ2v) is 3.57. The monoisotopic (exact) mass is 196 g/mol. The van der Waals surface area contributed by atoms with Crippen LogP contribution in [-0.2, 0) is 0 Å². The maximum Gasteiger partial charge on any atom is 0.119 e. The summed E-state index contributed by atoms with van der Waals surface area (Å²) in [5, 5.41) is 18.3. The lowest BCUT2D eigenvalue weighted by atomic mass is 10.1. The highest BCUT2D eigenvalue weighted by molar-refractivity contribution is 5.20. The van der Waals surface area contributed by atoms with Gasteiger partial charge in [0.05, 0.1) is 18.8 Å². The highest BCUT2D eigenvalue weighted by Crippen LogP contribution is 2.12. The second kappa shape index (κ2) is 4.98. The Morgan fingerprint density at radius 2 is 1.93 bits per heavy atom. The van der Waals surface area contributed by atoms with Crippen molar-refractivity contribution in [3.05, 3.63) is 30.3 Å². The minimum atomic E-state index is -1.05. The van der Waals surface area contributed by atoms with Crippen LogP contribution in [-0.4, -0.2) is 29.0 Å². The van der Waals surface area contributed by atoms with Gasteiger partial charge in [0.15, 0.2) is 0 Å². The van der Waals surface area contributed by atoms with E-state index in [1.165, 1.54) is 0 Å². The first-order valence-electron chi connectivity index (χ1n) is 4.65. The number of ether oxygens (including phenoxy) is 1. The predicted octanol–water partition coefficient (Wildman–Crippen LogP) is 1.20. The summed E-state index contributed by atoms with van der Waals surface area (Å²) in [6, 6.07) is 9.40. The molecule has 0 aliphatic rings. The summed E-state index contributed by atoms with van der Waals surface area (Å²) in [4.78, 5) is 0. The Kier molecular flexibility index (Phi) is 3.92. The molecule has 0 saturated heterocycles. The van der Waals surface area contributed by atoms with Crippen LogP contribution in [0.1, 0.15) is 13.3 Å². The lowest BCUT2D eigenvalue weighted by Crippen LogP contribution is -2.30. The van der Waals surface area contributed by atoms with Crippen molar-refractivity contribution in [3.8, 4) is 5.75 Å². The fourth-order valence-electron chi connectivity index (χ4n) is 0.985. The first-order chi connectivity index (χ1) is 6.64. The van der Waals surface area contributed by atoms with Crippen LogP contribution in [0.3, 0.4) is 0 Å². The molecule has 78 valence electrons. The number of hydrogen-bond donors (Lipinski definition) is 2. The van der Waals surface area contributed by atoms with Crippen LogP contribution >= 0.6 is 0 Å². The van der Waals surface area contributed by atoms with Crippen molar-refractivity contribution in [3.63, 3.8) is 0 Å². The van der Waals surface area contributed by atoms with Crippen LogP contribution in [0, 0.1) is 0 Å². The smallest absolute Gasteiger partial charge is 0.119 e. The molecule has 0 saturated carbocycles. The fraction of sp³-hybridized carbons (Fsp3) is 0.455. The molecule has 0 heterocycles. The first-order valence-corrected chi connectivity index (χ1v) is 4.65. The van der Waals surface area contributed by atoms with Gasteiger partial charge in [0.2, 0.25) is 0 Å². The van der Waals surface area contributed by atoms with Gasteiger partial charge in [-0.05, 0) is 19.1 Å². The third-order valence-corrected chi connectivity index (χ3v) is 1.99. The normalized spacial score (nSPS) is 14.8. The number of para-hydroxylation sites is 1. The number of rotatable bonds is 5. The van der Waals surface area contributed by atoms with Crippen molar-refractivity contribution in [1.29, 1.82) is 0 Å². The average Bonchev–Trinajstić information content (AvgIpc) is 2.19. The van der Waals surface area contributed by atoms with Gasteiger partial charge in [-0.15, -0.1) is 0 Å². The standard InChI is InChI=1S/C11H16O3/c1-11(13,9-12)7-8-14-10-5-3-2-4-6-10/h2-6,12-13H,7-9H2,1H3/t11-/m0/s1. The molecule has 0 aliphatic carbocycles. The van der Waals surface area contributed by atoms with E-state index in [0.29, 0.717) is 13.0 Å². The van der Waals surface area contributed by atoms with Crippen LogP contribution < -0.4 is 4.74 Å². The third kappa shape index (κ3) is 3.77. The molecule has 1 atom stereocenters. The quantitative estimate of drug-likeness (QED) is 0.744. The minimum Gasteiger partial charge on any atom is -0.493 e. The number of aliphatic hydroxyl groups is 2. The molecule has 2 N–H and O–H groups in total. The minimum absolute atomic E-state index is 0.245. The lowest BCUT2D eigenvalue weighted by molar-refractivity contribution is -0.0139. The van der Waals surface area contributed by atoms with E-state index in [0.717, 1.165) is 5.75 Å². The van der Waals surface area contributed by atoms with Gasteiger partial charge >= 0.3 is 0 Å². The summed E-state index contributed by atoms with van der Waals surface area (Å²) >= 11 is 0. The molecule has 0 amide bonds. The van der Waals surface area contributed by atoms with Gasteiger partial charge < -0.3 is 14.9 Å². The lowest BCUT2D eigenvalue weighted by Gasteiger charge is -2.19. The van der Waals surface area contributed by atoms with Crippen molar-refractivity contribution in [2.45, 2.75) is 18.9 Å². The van der Waals surface area contributed by atoms with Gasteiger partial charge in [-0.3, -0.25) is 0 Å². The number of aliphatic hydroxyl groups excluding tert-OH is 1. The van der Waals surface area contributed by atoms with Crippen LogP contribution in [0.25, 0.3) is 0 Å². The first kappa shape index (κ1) is 11.0. The zero-order valence-corrected chi connectivity index (χ0v) is 8.31. The van der Waals surface area contributed by atoms with Crippen molar-refractivity contribution in [1.82, 2.24) is 0 Å². The molecule has 3 nitrogen and oxygen atoms in total. The summed E-state index contributed by atoms with van der Waals surface area (Å²) in [6.45, 7) is 1.74. The van der Waals surface area contributed by atoms with Gasteiger partial charge in [0.25, 0.3) is 0 Å². The maximum atomic E-state index is 9.47. The summed E-state index contributed by atoms with van der Waals surface area (Å²) in [5.74, 6) is 0.779. The van der Waals surface area contributed by atoms with Gasteiger partial charge in [-0.2, -0.15) is 0 Å². The third-order valence-electron chi connectivity index (χ3n) is 1.99. The van der Waals surface area contributed by atoms with Crippen LogP contribution in [0.5, 0.6) is 5.75 Å². The number of benzene rings is 1. The van der Waals surface area contributed by atoms with Crippen molar-refractivity contribution in [2.75, 3.05) is 13.2 Å². The Hall–Kier alpha value is -1.06.